The lowest BCUT2D eigenvalue weighted by Crippen LogP contribution is -2.28. The molecule has 138 valence electrons. The molecule has 27 heavy (non-hydrogen) atoms. The molecule has 8 heteroatoms. The molecular weight excluding hydrogens is 357 g/mol. The number of fused-ring (bicyclic) bond motifs is 3. The number of nitrogens with one attached hydrogen (secondary N) is 1. The smallest absolute Gasteiger partial charge is 0.241 e. The zero-order valence-electron chi connectivity index (χ0n) is 14.6. The number of rotatable bonds is 2. The molecule has 2 aromatic heterocycles. The maximum atomic E-state index is 12.9. The number of aromatic amines is 1. The van der Waals surface area contributed by atoms with E-state index in [1.807, 2.05) is 38.1 Å². The first-order chi connectivity index (χ1) is 12.8. The lowest BCUT2D eigenvalue weighted by Gasteiger charge is -2.06. The van der Waals surface area contributed by atoms with Gasteiger partial charge in [-0.25, -0.2) is 4.79 Å². The van der Waals surface area contributed by atoms with Crippen LogP contribution in [0.25, 0.3) is 22.2 Å². The number of aromatic nitrogens is 4. The summed E-state index contributed by atoms with van der Waals surface area (Å²) >= 11 is 0. The van der Waals surface area contributed by atoms with Gasteiger partial charge in [-0.3, -0.25) is 0 Å². The molecule has 0 aliphatic carbocycles. The highest BCUT2D eigenvalue weighted by molar-refractivity contribution is 5.79. The SMILES string of the molecule is CC(C)c1nc2c(=O)n(-c3ccc(C(F)(F)F)cc3)[nH][n+]2c2ccccc12. The van der Waals surface area contributed by atoms with Crippen LogP contribution in [0.15, 0.2) is 53.3 Å². The maximum Gasteiger partial charge on any atom is 0.416 e. The lowest BCUT2D eigenvalue weighted by atomic mass is 10.0. The average molecular weight is 373 g/mol. The van der Waals surface area contributed by atoms with Gasteiger partial charge in [0, 0.05) is 5.92 Å². The van der Waals surface area contributed by atoms with E-state index in [9.17, 15) is 18.0 Å². The Kier molecular flexibility index (Phi) is 3.80. The summed E-state index contributed by atoms with van der Waals surface area (Å²) in [6.07, 6.45) is -4.43. The van der Waals surface area contributed by atoms with Crippen LogP contribution in [0.1, 0.15) is 31.0 Å². The Labute approximate surface area is 151 Å². The van der Waals surface area contributed by atoms with Crippen molar-refractivity contribution in [3.63, 3.8) is 0 Å². The van der Waals surface area contributed by atoms with E-state index in [-0.39, 0.29) is 11.6 Å². The van der Waals surface area contributed by atoms with Gasteiger partial charge in [0.15, 0.2) is 0 Å². The molecule has 0 atom stereocenters. The summed E-state index contributed by atoms with van der Waals surface area (Å²) in [4.78, 5) is 17.4. The monoisotopic (exact) mass is 373 g/mol. The van der Waals surface area contributed by atoms with Gasteiger partial charge in [0.25, 0.3) is 0 Å². The van der Waals surface area contributed by atoms with Gasteiger partial charge < -0.3 is 0 Å². The Morgan fingerprint density at radius 2 is 1.74 bits per heavy atom. The van der Waals surface area contributed by atoms with E-state index in [0.717, 1.165) is 28.7 Å². The number of hydrogen-bond donors (Lipinski definition) is 1. The molecular formula is C19H16F3N4O+. The van der Waals surface area contributed by atoms with Crippen LogP contribution in [-0.4, -0.2) is 14.9 Å². The van der Waals surface area contributed by atoms with Crippen molar-refractivity contribution in [3.05, 3.63) is 70.1 Å². The number of hydrogen-bond acceptors (Lipinski definition) is 2. The average Bonchev–Trinajstić information content (AvgIpc) is 2.97. The number of H-pyrrole nitrogens is 1. The van der Waals surface area contributed by atoms with E-state index < -0.39 is 17.3 Å². The maximum absolute atomic E-state index is 12.9. The van der Waals surface area contributed by atoms with Crippen molar-refractivity contribution in [1.29, 1.82) is 0 Å². The van der Waals surface area contributed by atoms with Gasteiger partial charge in [0.05, 0.1) is 10.9 Å². The minimum atomic E-state index is -4.43. The molecule has 2 heterocycles. The van der Waals surface area contributed by atoms with Gasteiger partial charge >= 0.3 is 17.4 Å². The lowest BCUT2D eigenvalue weighted by molar-refractivity contribution is -0.558. The second-order valence-corrected chi connectivity index (χ2v) is 6.61. The predicted molar refractivity (Wildman–Crippen MR) is 93.9 cm³/mol. The summed E-state index contributed by atoms with van der Waals surface area (Å²) < 4.78 is 41.1. The van der Waals surface area contributed by atoms with Crippen LogP contribution in [0.2, 0.25) is 0 Å². The van der Waals surface area contributed by atoms with Gasteiger partial charge in [-0.2, -0.15) is 13.2 Å². The summed E-state index contributed by atoms with van der Waals surface area (Å²) in [5.41, 5.74) is 0.859. The topological polar surface area (TPSA) is 54.8 Å². The molecule has 0 unspecified atom stereocenters. The Balaban J connectivity index is 1.97. The fourth-order valence-corrected chi connectivity index (χ4v) is 3.13. The van der Waals surface area contributed by atoms with Crippen molar-refractivity contribution < 1.29 is 17.7 Å². The normalized spacial score (nSPS) is 12.4. The third-order valence-electron chi connectivity index (χ3n) is 4.45. The van der Waals surface area contributed by atoms with E-state index >= 15 is 0 Å². The van der Waals surface area contributed by atoms with Crippen LogP contribution in [0.4, 0.5) is 13.2 Å². The number of alkyl halides is 3. The van der Waals surface area contributed by atoms with Crippen LogP contribution in [0, 0.1) is 0 Å². The molecule has 0 radical (unpaired) electrons. The van der Waals surface area contributed by atoms with Crippen molar-refractivity contribution >= 4 is 16.6 Å². The first kappa shape index (κ1) is 17.3. The Morgan fingerprint density at radius 1 is 1.07 bits per heavy atom. The van der Waals surface area contributed by atoms with E-state index in [0.29, 0.717) is 5.69 Å². The molecule has 0 aliphatic heterocycles. The van der Waals surface area contributed by atoms with Crippen LogP contribution in [-0.2, 0) is 6.18 Å². The Bertz CT molecular complexity index is 1200. The molecule has 0 amide bonds. The van der Waals surface area contributed by atoms with Crippen molar-refractivity contribution in [2.45, 2.75) is 25.9 Å². The number of nitrogens with zero attached hydrogens (tertiary/aromatic N) is 3. The second kappa shape index (κ2) is 5.94. The number of para-hydroxylation sites is 1. The first-order valence-corrected chi connectivity index (χ1v) is 8.40. The molecule has 0 bridgehead atoms. The fraction of sp³-hybridized carbons (Fsp3) is 0.211. The number of halogens is 3. The molecule has 1 N–H and O–H groups in total. The fourth-order valence-electron chi connectivity index (χ4n) is 3.13. The Hall–Kier alpha value is -3.16. The van der Waals surface area contributed by atoms with E-state index in [1.54, 1.807) is 4.52 Å². The first-order valence-electron chi connectivity index (χ1n) is 8.40. The van der Waals surface area contributed by atoms with Gasteiger partial charge in [0.1, 0.15) is 16.9 Å². The van der Waals surface area contributed by atoms with Crippen molar-refractivity contribution in [1.82, 2.24) is 14.9 Å². The molecule has 0 fully saturated rings. The zero-order chi connectivity index (χ0) is 19.3. The number of benzene rings is 2. The predicted octanol–water partition coefficient (Wildman–Crippen LogP) is 3.59. The van der Waals surface area contributed by atoms with E-state index in [2.05, 4.69) is 10.2 Å². The van der Waals surface area contributed by atoms with Crippen molar-refractivity contribution in [3.8, 4) is 5.69 Å². The Morgan fingerprint density at radius 3 is 2.37 bits per heavy atom. The zero-order valence-corrected chi connectivity index (χ0v) is 14.6. The summed E-state index contributed by atoms with van der Waals surface area (Å²) in [6.45, 7) is 3.98. The summed E-state index contributed by atoms with van der Waals surface area (Å²) in [5.74, 6) is 0.105. The van der Waals surface area contributed by atoms with Crippen LogP contribution >= 0.6 is 0 Å². The second-order valence-electron chi connectivity index (χ2n) is 6.61. The third kappa shape index (κ3) is 2.77. The molecule has 4 rings (SSSR count). The molecule has 0 spiro atoms. The molecule has 2 aromatic carbocycles. The van der Waals surface area contributed by atoms with Gasteiger partial charge in [-0.1, -0.05) is 31.0 Å². The minimum absolute atomic E-state index is 0.105. The van der Waals surface area contributed by atoms with Crippen LogP contribution in [0.3, 0.4) is 0 Å². The van der Waals surface area contributed by atoms with Gasteiger partial charge in [-0.15, -0.1) is 14.4 Å². The quantitative estimate of drug-likeness (QED) is 0.546. The van der Waals surface area contributed by atoms with E-state index in [4.69, 9.17) is 0 Å². The molecule has 4 aromatic rings. The summed E-state index contributed by atoms with van der Waals surface area (Å²) in [7, 11) is 0. The highest BCUT2D eigenvalue weighted by Crippen LogP contribution is 2.29. The van der Waals surface area contributed by atoms with Gasteiger partial charge in [-0.05, 0) is 36.4 Å². The third-order valence-corrected chi connectivity index (χ3v) is 4.45. The highest BCUT2D eigenvalue weighted by atomic mass is 19.4. The van der Waals surface area contributed by atoms with Gasteiger partial charge in [0.2, 0.25) is 0 Å². The molecule has 0 saturated heterocycles. The molecule has 0 aliphatic rings. The molecule has 5 nitrogen and oxygen atoms in total. The van der Waals surface area contributed by atoms with E-state index in [1.165, 1.54) is 16.8 Å². The largest absolute Gasteiger partial charge is 0.416 e. The van der Waals surface area contributed by atoms with Crippen molar-refractivity contribution in [2.75, 3.05) is 0 Å². The highest BCUT2D eigenvalue weighted by Gasteiger charge is 2.30. The van der Waals surface area contributed by atoms with Crippen LogP contribution in [0.5, 0.6) is 0 Å². The summed E-state index contributed by atoms with van der Waals surface area (Å²) in [5, 5.41) is 3.83. The minimum Gasteiger partial charge on any atom is -0.241 e. The van der Waals surface area contributed by atoms with Crippen molar-refractivity contribution in [2.24, 2.45) is 0 Å². The van der Waals surface area contributed by atoms with Crippen LogP contribution < -0.4 is 10.1 Å². The standard InChI is InChI=1S/C19H15F3N4O/c1-11(2)16-14-5-3-4-6-15(14)26-17(23-16)18(27)25(24-26)13-9-7-12(8-10-13)19(20,21)22/h3-11H,1-2H3/p+1. The summed E-state index contributed by atoms with van der Waals surface area (Å²) in [6, 6.07) is 11.9. The molecule has 0 saturated carbocycles.